The van der Waals surface area contributed by atoms with Crippen LogP contribution >= 0.6 is 0 Å². The Labute approximate surface area is 174 Å². The highest BCUT2D eigenvalue weighted by molar-refractivity contribution is 5.97. The van der Waals surface area contributed by atoms with Gasteiger partial charge in [0.05, 0.1) is 31.8 Å². The van der Waals surface area contributed by atoms with E-state index in [4.69, 9.17) is 14.7 Å². The predicted molar refractivity (Wildman–Crippen MR) is 116 cm³/mol. The average Bonchev–Trinajstić information content (AvgIpc) is 2.75. The molecule has 0 N–H and O–H groups in total. The van der Waals surface area contributed by atoms with E-state index in [0.717, 1.165) is 29.5 Å². The van der Waals surface area contributed by atoms with Crippen LogP contribution in [0, 0.1) is 11.3 Å². The summed E-state index contributed by atoms with van der Waals surface area (Å²) in [5.41, 5.74) is 3.05. The van der Waals surface area contributed by atoms with Crippen LogP contribution in [0.2, 0.25) is 0 Å². The zero-order chi connectivity index (χ0) is 20.9. The number of benzene rings is 2. The molecule has 2 rings (SSSR count). The van der Waals surface area contributed by atoms with Gasteiger partial charge in [-0.2, -0.15) is 5.26 Å². The lowest BCUT2D eigenvalue weighted by atomic mass is 9.97. The molecule has 0 aliphatic heterocycles. The Kier molecular flexibility index (Phi) is 9.78. The Morgan fingerprint density at radius 3 is 2.48 bits per heavy atom. The predicted octanol–water partition coefficient (Wildman–Crippen LogP) is 6.34. The number of nitrogens with zero attached hydrogens (tertiary/aromatic N) is 1. The first-order valence-corrected chi connectivity index (χ1v) is 10.5. The monoisotopic (exact) mass is 393 g/mol. The van der Waals surface area contributed by atoms with E-state index in [1.165, 1.54) is 39.2 Å². The highest BCUT2D eigenvalue weighted by Gasteiger charge is 2.15. The lowest BCUT2D eigenvalue weighted by molar-refractivity contribution is 0.0601. The third kappa shape index (κ3) is 7.27. The number of unbranched alkanes of at least 4 members (excludes halogenated alkanes) is 6. The number of hydrogen-bond acceptors (Lipinski definition) is 4. The zero-order valence-corrected chi connectivity index (χ0v) is 17.6. The topological polar surface area (TPSA) is 59.3 Å². The van der Waals surface area contributed by atoms with Gasteiger partial charge in [0.15, 0.2) is 0 Å². The molecule has 4 heteroatoms. The third-order valence-corrected chi connectivity index (χ3v) is 4.93. The van der Waals surface area contributed by atoms with Crippen LogP contribution in [0.3, 0.4) is 0 Å². The minimum Gasteiger partial charge on any atom is -0.494 e. The first-order chi connectivity index (χ1) is 14.2. The third-order valence-electron chi connectivity index (χ3n) is 4.93. The molecular weight excluding hydrogens is 362 g/mol. The molecule has 0 fully saturated rings. The summed E-state index contributed by atoms with van der Waals surface area (Å²) < 4.78 is 10.8. The Hall–Kier alpha value is -2.80. The van der Waals surface area contributed by atoms with Crippen molar-refractivity contribution in [1.29, 1.82) is 5.26 Å². The maximum atomic E-state index is 12.3. The molecule has 0 saturated carbocycles. The number of nitriles is 1. The van der Waals surface area contributed by atoms with Crippen molar-refractivity contribution in [2.45, 2.75) is 58.3 Å². The summed E-state index contributed by atoms with van der Waals surface area (Å²) >= 11 is 0. The zero-order valence-electron chi connectivity index (χ0n) is 17.6. The molecule has 2 aromatic carbocycles. The molecule has 154 valence electrons. The molecule has 0 aliphatic rings. The second kappa shape index (κ2) is 12.6. The number of carbonyl (C=O) groups is 1. The molecule has 0 heterocycles. The second-order valence-corrected chi connectivity index (χ2v) is 7.20. The molecule has 0 atom stereocenters. The van der Waals surface area contributed by atoms with Crippen LogP contribution in [0.5, 0.6) is 5.75 Å². The first-order valence-electron chi connectivity index (χ1n) is 10.5. The molecule has 0 aromatic heterocycles. The van der Waals surface area contributed by atoms with Gasteiger partial charge in [-0.25, -0.2) is 4.79 Å². The van der Waals surface area contributed by atoms with Crippen LogP contribution in [0.1, 0.15) is 67.8 Å². The van der Waals surface area contributed by atoms with E-state index in [1.807, 2.05) is 36.4 Å². The number of methoxy groups -OCH3 is 1. The van der Waals surface area contributed by atoms with Gasteiger partial charge in [-0.3, -0.25) is 0 Å². The van der Waals surface area contributed by atoms with Crippen molar-refractivity contribution in [3.63, 3.8) is 0 Å². The van der Waals surface area contributed by atoms with Gasteiger partial charge >= 0.3 is 5.97 Å². The largest absolute Gasteiger partial charge is 0.494 e. The SMILES string of the molecule is CCCCCCCCCOc1ccc(-c2cccc(CC#N)c2)c(C(=O)OC)c1. The fraction of sp³-hybridized carbons (Fsp3) is 0.440. The van der Waals surface area contributed by atoms with Crippen LogP contribution < -0.4 is 4.74 Å². The van der Waals surface area contributed by atoms with E-state index in [2.05, 4.69) is 13.0 Å². The van der Waals surface area contributed by atoms with Gasteiger partial charge in [0.2, 0.25) is 0 Å². The summed E-state index contributed by atoms with van der Waals surface area (Å²) in [4.78, 5) is 12.3. The molecule has 0 radical (unpaired) electrons. The van der Waals surface area contributed by atoms with Crippen molar-refractivity contribution in [1.82, 2.24) is 0 Å². The van der Waals surface area contributed by atoms with E-state index in [9.17, 15) is 4.79 Å². The minimum atomic E-state index is -0.396. The van der Waals surface area contributed by atoms with Gasteiger partial charge in [0.1, 0.15) is 5.75 Å². The normalized spacial score (nSPS) is 10.4. The van der Waals surface area contributed by atoms with E-state index >= 15 is 0 Å². The standard InChI is InChI=1S/C25H31NO3/c1-3-4-5-6-7-8-9-17-29-22-13-14-23(24(19-22)25(27)28-2)21-12-10-11-20(18-21)15-16-26/h10-14,18-19H,3-9,15,17H2,1-2H3. The summed E-state index contributed by atoms with van der Waals surface area (Å²) in [5, 5.41) is 8.93. The molecule has 0 saturated heterocycles. The summed E-state index contributed by atoms with van der Waals surface area (Å²) in [6.45, 7) is 2.87. The van der Waals surface area contributed by atoms with Crippen molar-refractivity contribution >= 4 is 5.97 Å². The fourth-order valence-electron chi connectivity index (χ4n) is 3.33. The minimum absolute atomic E-state index is 0.334. The quantitative estimate of drug-likeness (QED) is 0.312. The van der Waals surface area contributed by atoms with Gasteiger partial charge < -0.3 is 9.47 Å². The first kappa shape index (κ1) is 22.5. The summed E-state index contributed by atoms with van der Waals surface area (Å²) in [5.74, 6) is 0.278. The maximum Gasteiger partial charge on any atom is 0.338 e. The molecule has 0 spiro atoms. The number of hydrogen-bond donors (Lipinski definition) is 0. The number of carbonyl (C=O) groups excluding carboxylic acids is 1. The summed E-state index contributed by atoms with van der Waals surface area (Å²) in [6.07, 6.45) is 8.95. The average molecular weight is 394 g/mol. The molecule has 0 unspecified atom stereocenters. The molecule has 0 amide bonds. The van der Waals surface area contributed by atoms with E-state index in [1.54, 1.807) is 6.07 Å². The van der Waals surface area contributed by atoms with Gasteiger partial charge in [0, 0.05) is 0 Å². The van der Waals surface area contributed by atoms with Crippen LogP contribution in [0.25, 0.3) is 11.1 Å². The van der Waals surface area contributed by atoms with E-state index in [-0.39, 0.29) is 0 Å². The maximum absolute atomic E-state index is 12.3. The Morgan fingerprint density at radius 1 is 1.00 bits per heavy atom. The Balaban J connectivity index is 2.03. The van der Waals surface area contributed by atoms with Crippen molar-refractivity contribution in [3.8, 4) is 22.9 Å². The Bertz CT molecular complexity index is 823. The fourth-order valence-corrected chi connectivity index (χ4v) is 3.33. The van der Waals surface area contributed by atoms with Gasteiger partial charge in [-0.15, -0.1) is 0 Å². The summed E-state index contributed by atoms with van der Waals surface area (Å²) in [6, 6.07) is 15.4. The van der Waals surface area contributed by atoms with Crippen molar-refractivity contribution < 1.29 is 14.3 Å². The molecule has 4 nitrogen and oxygen atoms in total. The highest BCUT2D eigenvalue weighted by atomic mass is 16.5. The number of ether oxygens (including phenoxy) is 2. The van der Waals surface area contributed by atoms with Crippen LogP contribution in [0.15, 0.2) is 42.5 Å². The van der Waals surface area contributed by atoms with E-state index in [0.29, 0.717) is 24.3 Å². The van der Waals surface area contributed by atoms with Crippen molar-refractivity contribution in [2.24, 2.45) is 0 Å². The Morgan fingerprint density at radius 2 is 1.76 bits per heavy atom. The van der Waals surface area contributed by atoms with Gasteiger partial charge in [0.25, 0.3) is 0 Å². The lowest BCUT2D eigenvalue weighted by Gasteiger charge is -2.12. The van der Waals surface area contributed by atoms with Crippen LogP contribution in [-0.2, 0) is 11.2 Å². The van der Waals surface area contributed by atoms with Crippen LogP contribution in [-0.4, -0.2) is 19.7 Å². The molecule has 29 heavy (non-hydrogen) atoms. The number of rotatable bonds is 12. The molecule has 2 aromatic rings. The summed E-state index contributed by atoms with van der Waals surface area (Å²) in [7, 11) is 1.38. The molecule has 0 aliphatic carbocycles. The van der Waals surface area contributed by atoms with Gasteiger partial charge in [-0.05, 0) is 41.3 Å². The van der Waals surface area contributed by atoms with E-state index < -0.39 is 5.97 Å². The van der Waals surface area contributed by atoms with Gasteiger partial charge in [-0.1, -0.05) is 69.7 Å². The molecule has 0 bridgehead atoms. The van der Waals surface area contributed by atoms with Crippen LogP contribution in [0.4, 0.5) is 0 Å². The lowest BCUT2D eigenvalue weighted by Crippen LogP contribution is -2.05. The highest BCUT2D eigenvalue weighted by Crippen LogP contribution is 2.29. The molecular formula is C25H31NO3. The smallest absolute Gasteiger partial charge is 0.338 e. The number of esters is 1. The van der Waals surface area contributed by atoms with Crippen molar-refractivity contribution in [2.75, 3.05) is 13.7 Å². The second-order valence-electron chi connectivity index (χ2n) is 7.20. The van der Waals surface area contributed by atoms with Crippen molar-refractivity contribution in [3.05, 3.63) is 53.6 Å².